The second kappa shape index (κ2) is 15.1. The van der Waals surface area contributed by atoms with E-state index in [1.54, 1.807) is 10.8 Å². The fourth-order valence-electron chi connectivity index (χ4n) is 5.10. The molecule has 198 valence electrons. The first-order valence-electron chi connectivity index (χ1n) is 14.2. The van der Waals surface area contributed by atoms with Crippen molar-refractivity contribution in [1.29, 1.82) is 0 Å². The first-order valence-corrected chi connectivity index (χ1v) is 14.2. The molecule has 1 unspecified atom stereocenters. The normalized spacial score (nSPS) is 16.7. The standard InChI is InChI=1S/C31H46N2O3/c1-2-3-4-5-6-7-8-9-10-11-12-13-14-15-16-23-30(34)33-25-27(26-20-17-18-21-28(26)33)31(35,36)29-22-19-24-32-29/h6-7,9-10,17-18,20-21,25,29,32,35-36H,2-5,8,11-16,19,22-24H2,1H3/b7-6-,10-9-. The Bertz CT molecular complexity index is 983. The Balaban J connectivity index is 1.38. The van der Waals surface area contributed by atoms with Crippen molar-refractivity contribution in [2.24, 2.45) is 0 Å². The van der Waals surface area contributed by atoms with Gasteiger partial charge in [0, 0.05) is 23.6 Å². The first-order chi connectivity index (χ1) is 17.6. The van der Waals surface area contributed by atoms with Gasteiger partial charge in [-0.1, -0.05) is 81.5 Å². The van der Waals surface area contributed by atoms with Crippen molar-refractivity contribution in [2.45, 2.75) is 109 Å². The highest BCUT2D eigenvalue weighted by molar-refractivity contribution is 5.94. The lowest BCUT2D eigenvalue weighted by molar-refractivity contribution is -0.188. The number of para-hydroxylation sites is 1. The molecule has 0 saturated carbocycles. The molecular formula is C31H46N2O3. The number of benzene rings is 1. The number of carbonyl (C=O) groups excluding carboxylic acids is 1. The molecule has 0 spiro atoms. The molecule has 2 heterocycles. The minimum Gasteiger partial charge on any atom is -0.361 e. The lowest BCUT2D eigenvalue weighted by Gasteiger charge is -2.28. The molecule has 3 N–H and O–H groups in total. The van der Waals surface area contributed by atoms with E-state index in [0.717, 1.165) is 56.0 Å². The molecule has 1 fully saturated rings. The fourth-order valence-corrected chi connectivity index (χ4v) is 5.10. The van der Waals surface area contributed by atoms with E-state index in [2.05, 4.69) is 36.5 Å². The second-order valence-electron chi connectivity index (χ2n) is 10.2. The highest BCUT2D eigenvalue weighted by atomic mass is 16.5. The predicted octanol–water partition coefficient (Wildman–Crippen LogP) is 6.98. The molecule has 1 aliphatic rings. The minimum absolute atomic E-state index is 0.0123. The van der Waals surface area contributed by atoms with Crippen LogP contribution in [0.5, 0.6) is 0 Å². The number of allylic oxidation sites excluding steroid dienone is 4. The topological polar surface area (TPSA) is 74.5 Å². The van der Waals surface area contributed by atoms with Crippen molar-refractivity contribution in [2.75, 3.05) is 6.54 Å². The van der Waals surface area contributed by atoms with Gasteiger partial charge in [0.15, 0.2) is 0 Å². The number of unbranched alkanes of at least 4 members (excludes halogenated alkanes) is 8. The zero-order valence-corrected chi connectivity index (χ0v) is 22.1. The number of carbonyl (C=O) groups is 1. The third-order valence-electron chi connectivity index (χ3n) is 7.26. The lowest BCUT2D eigenvalue weighted by Crippen LogP contribution is -2.45. The number of aromatic nitrogens is 1. The SMILES string of the molecule is CCCCC/C=C\C/C=C\CCCCCCCC(=O)n1cc(C(O)(O)C2CCCN2)c2ccccc21. The molecule has 1 aromatic heterocycles. The monoisotopic (exact) mass is 494 g/mol. The van der Waals surface area contributed by atoms with Crippen molar-refractivity contribution in [3.8, 4) is 0 Å². The van der Waals surface area contributed by atoms with E-state index in [0.29, 0.717) is 18.4 Å². The Labute approximate surface area is 217 Å². The Morgan fingerprint density at radius 3 is 2.42 bits per heavy atom. The summed E-state index contributed by atoms with van der Waals surface area (Å²) in [7, 11) is 0. The summed E-state index contributed by atoms with van der Waals surface area (Å²) in [6.45, 7) is 3.01. The van der Waals surface area contributed by atoms with Gasteiger partial charge in [0.25, 0.3) is 0 Å². The highest BCUT2D eigenvalue weighted by Crippen LogP contribution is 2.34. The molecule has 1 saturated heterocycles. The van der Waals surface area contributed by atoms with Crippen LogP contribution in [0, 0.1) is 0 Å². The molecule has 0 aliphatic carbocycles. The fraction of sp³-hybridized carbons (Fsp3) is 0.581. The summed E-state index contributed by atoms with van der Waals surface area (Å²) >= 11 is 0. The number of rotatable bonds is 16. The molecule has 1 aliphatic heterocycles. The van der Waals surface area contributed by atoms with Gasteiger partial charge in [-0.3, -0.25) is 9.36 Å². The molecule has 1 aromatic carbocycles. The Kier molecular flexibility index (Phi) is 11.9. The van der Waals surface area contributed by atoms with Crippen molar-refractivity contribution in [3.05, 3.63) is 60.3 Å². The minimum atomic E-state index is -2.00. The van der Waals surface area contributed by atoms with Crippen molar-refractivity contribution < 1.29 is 15.0 Å². The molecule has 0 radical (unpaired) electrons. The summed E-state index contributed by atoms with van der Waals surface area (Å²) in [4.78, 5) is 13.0. The summed E-state index contributed by atoms with van der Waals surface area (Å²) in [5.41, 5.74) is 1.15. The number of aliphatic hydroxyl groups is 2. The maximum atomic E-state index is 13.0. The van der Waals surface area contributed by atoms with Crippen molar-refractivity contribution in [1.82, 2.24) is 9.88 Å². The van der Waals surface area contributed by atoms with E-state index in [1.165, 1.54) is 38.5 Å². The molecule has 0 bridgehead atoms. The zero-order valence-electron chi connectivity index (χ0n) is 22.1. The molecule has 5 heteroatoms. The van der Waals surface area contributed by atoms with E-state index >= 15 is 0 Å². The van der Waals surface area contributed by atoms with Crippen LogP contribution in [0.3, 0.4) is 0 Å². The van der Waals surface area contributed by atoms with Crippen LogP contribution in [0.1, 0.15) is 107 Å². The van der Waals surface area contributed by atoms with Gasteiger partial charge < -0.3 is 15.5 Å². The average molecular weight is 495 g/mol. The van der Waals surface area contributed by atoms with Gasteiger partial charge in [-0.15, -0.1) is 0 Å². The second-order valence-corrected chi connectivity index (χ2v) is 10.2. The highest BCUT2D eigenvalue weighted by Gasteiger charge is 2.40. The van der Waals surface area contributed by atoms with Crippen LogP contribution in [-0.2, 0) is 5.79 Å². The predicted molar refractivity (Wildman–Crippen MR) is 149 cm³/mol. The zero-order chi connectivity index (χ0) is 25.6. The van der Waals surface area contributed by atoms with Gasteiger partial charge in [-0.2, -0.15) is 0 Å². The Morgan fingerprint density at radius 2 is 1.69 bits per heavy atom. The quantitative estimate of drug-likeness (QED) is 0.134. The van der Waals surface area contributed by atoms with Gasteiger partial charge in [-0.25, -0.2) is 0 Å². The Morgan fingerprint density at radius 1 is 1.00 bits per heavy atom. The molecule has 3 rings (SSSR count). The smallest absolute Gasteiger partial charge is 0.231 e. The van der Waals surface area contributed by atoms with Crippen LogP contribution >= 0.6 is 0 Å². The van der Waals surface area contributed by atoms with Crippen LogP contribution in [-0.4, -0.2) is 33.3 Å². The molecule has 5 nitrogen and oxygen atoms in total. The summed E-state index contributed by atoms with van der Waals surface area (Å²) in [6.07, 6.45) is 25.5. The first kappa shape index (κ1) is 28.4. The van der Waals surface area contributed by atoms with Crippen LogP contribution < -0.4 is 5.32 Å². The number of fused-ring (bicyclic) bond motifs is 1. The summed E-state index contributed by atoms with van der Waals surface area (Å²) in [5.74, 6) is -1.99. The van der Waals surface area contributed by atoms with Gasteiger partial charge in [0.1, 0.15) is 0 Å². The van der Waals surface area contributed by atoms with Crippen molar-refractivity contribution >= 4 is 16.8 Å². The van der Waals surface area contributed by atoms with Gasteiger partial charge >= 0.3 is 0 Å². The van der Waals surface area contributed by atoms with Crippen LogP contribution in [0.25, 0.3) is 10.9 Å². The van der Waals surface area contributed by atoms with E-state index in [9.17, 15) is 15.0 Å². The number of hydrogen-bond donors (Lipinski definition) is 3. The maximum absolute atomic E-state index is 13.0. The third kappa shape index (κ3) is 8.16. The molecular weight excluding hydrogens is 448 g/mol. The largest absolute Gasteiger partial charge is 0.361 e. The van der Waals surface area contributed by atoms with Crippen LogP contribution in [0.15, 0.2) is 54.8 Å². The van der Waals surface area contributed by atoms with Gasteiger partial charge in [0.05, 0.1) is 11.6 Å². The van der Waals surface area contributed by atoms with Crippen LogP contribution in [0.4, 0.5) is 0 Å². The summed E-state index contributed by atoms with van der Waals surface area (Å²) in [5, 5.41) is 25.8. The van der Waals surface area contributed by atoms with Crippen LogP contribution in [0.2, 0.25) is 0 Å². The Hall–Kier alpha value is -2.21. The lowest BCUT2D eigenvalue weighted by atomic mass is 9.96. The van der Waals surface area contributed by atoms with Crippen molar-refractivity contribution in [3.63, 3.8) is 0 Å². The maximum Gasteiger partial charge on any atom is 0.231 e. The molecule has 1 atom stereocenters. The van der Waals surface area contributed by atoms with Gasteiger partial charge in [-0.05, 0) is 64.0 Å². The van der Waals surface area contributed by atoms with E-state index in [1.807, 2.05) is 24.3 Å². The van der Waals surface area contributed by atoms with E-state index < -0.39 is 11.8 Å². The molecule has 0 amide bonds. The summed E-state index contributed by atoms with van der Waals surface area (Å²) < 4.78 is 1.61. The summed E-state index contributed by atoms with van der Waals surface area (Å²) in [6, 6.07) is 7.08. The van der Waals surface area contributed by atoms with Gasteiger partial charge in [0.2, 0.25) is 11.7 Å². The molecule has 2 aromatic rings. The van der Waals surface area contributed by atoms with E-state index in [4.69, 9.17) is 0 Å². The number of nitrogens with zero attached hydrogens (tertiary/aromatic N) is 1. The van der Waals surface area contributed by atoms with E-state index in [-0.39, 0.29) is 5.91 Å². The average Bonchev–Trinajstić information content (AvgIpc) is 3.56. The third-order valence-corrected chi connectivity index (χ3v) is 7.26. The molecule has 36 heavy (non-hydrogen) atoms. The number of hydrogen-bond acceptors (Lipinski definition) is 4. The number of nitrogens with one attached hydrogen (secondary N) is 1.